The molecule has 3 rings (SSSR count). The third-order valence-electron chi connectivity index (χ3n) is 21.4. The molecule has 12 N–H and O–H groups in total. The topological polar surface area (TPSA) is 307 Å². The fourth-order valence-corrected chi connectivity index (χ4v) is 14.3. The Morgan fingerprint density at radius 2 is 0.619 bits per heavy atom. The summed E-state index contributed by atoms with van der Waals surface area (Å²) in [5, 5.41) is 121. The first-order chi connectivity index (χ1) is 55.3. The second-order valence-corrected chi connectivity index (χ2v) is 31.3. The van der Waals surface area contributed by atoms with E-state index in [4.69, 9.17) is 28.4 Å². The van der Waals surface area contributed by atoms with E-state index < -0.39 is 124 Å². The van der Waals surface area contributed by atoms with Crippen LogP contribution in [0.5, 0.6) is 0 Å². The number of hydrogen-bond acceptors (Lipinski definition) is 18. The van der Waals surface area contributed by atoms with Gasteiger partial charge < -0.3 is 89.9 Å². The van der Waals surface area contributed by atoms with Gasteiger partial charge in [0.2, 0.25) is 5.91 Å². The van der Waals surface area contributed by atoms with E-state index in [1.807, 2.05) is 6.08 Å². The SMILES string of the molecule is CC/C=C\C/C=C\C/C=C\C/C=C\C/C=C\C/C=C\C/C=C\C/C=C\CCCCCCCCCCCCCCCCC(=O)NC(COC1OC(CO)C(OC2OC(CO)C(OC3OC(CO)C(O)C(O)C3O)C(O)C2O)C(O)C1O)C(O)/C=C/CC/C=C/CC/C=C/CCCCCCCCCCCCCCCCCCCCC. The predicted molar refractivity (Wildman–Crippen MR) is 456 cm³/mol. The molecule has 0 aromatic heterocycles. The normalized spacial score (nSPS) is 25.5. The van der Waals surface area contributed by atoms with Crippen LogP contribution in [0.1, 0.15) is 322 Å². The van der Waals surface area contributed by atoms with E-state index in [0.29, 0.717) is 12.8 Å². The number of nitrogens with one attached hydrogen (secondary N) is 1. The Bertz CT molecular complexity index is 2560. The number of hydrogen-bond donors (Lipinski definition) is 12. The van der Waals surface area contributed by atoms with Crippen molar-refractivity contribution >= 4 is 5.91 Å². The molecule has 0 bridgehead atoms. The highest BCUT2D eigenvalue weighted by Crippen LogP contribution is 2.33. The molecule has 3 saturated heterocycles. The van der Waals surface area contributed by atoms with Gasteiger partial charge in [-0.15, -0.1) is 0 Å². The van der Waals surface area contributed by atoms with Crippen LogP contribution < -0.4 is 5.32 Å². The summed E-state index contributed by atoms with van der Waals surface area (Å²) in [6.07, 6.45) is 77.4. The van der Waals surface area contributed by atoms with E-state index in [1.54, 1.807) is 6.08 Å². The zero-order chi connectivity index (χ0) is 81.7. The molecular weight excluding hydrogens is 1430 g/mol. The summed E-state index contributed by atoms with van der Waals surface area (Å²) in [5.74, 6) is -0.292. The van der Waals surface area contributed by atoms with Crippen molar-refractivity contribution in [1.82, 2.24) is 5.32 Å². The van der Waals surface area contributed by atoms with Crippen LogP contribution in [0, 0.1) is 0 Å². The number of aliphatic hydroxyl groups is 11. The van der Waals surface area contributed by atoms with Crippen molar-refractivity contribution in [2.75, 3.05) is 26.4 Å². The molecule has 0 saturated carbocycles. The highest BCUT2D eigenvalue weighted by Gasteiger charge is 2.54. The van der Waals surface area contributed by atoms with Gasteiger partial charge in [0.1, 0.15) is 73.2 Å². The van der Waals surface area contributed by atoms with Crippen molar-refractivity contribution in [3.05, 3.63) is 134 Å². The lowest BCUT2D eigenvalue weighted by atomic mass is 9.96. The summed E-state index contributed by atoms with van der Waals surface area (Å²) >= 11 is 0. The average Bonchev–Trinajstić information content (AvgIpc) is 0.780. The minimum atomic E-state index is -1.99. The van der Waals surface area contributed by atoms with Crippen LogP contribution in [0.25, 0.3) is 0 Å². The van der Waals surface area contributed by atoms with Crippen LogP contribution in [-0.2, 0) is 33.2 Å². The van der Waals surface area contributed by atoms with Crippen LogP contribution in [0.3, 0.4) is 0 Å². The molecule has 17 unspecified atom stereocenters. The highest BCUT2D eigenvalue weighted by atomic mass is 16.8. The standard InChI is InChI=1S/C94H161NO18/c1-3-5-7-9-11-13-15-17-19-21-23-25-27-29-31-33-34-35-36-37-38-39-40-41-42-44-46-48-50-52-54-56-58-60-62-64-66-68-70-72-82(100)95-77(78(99)71-69-67-65-63-61-59-57-55-53-51-49-47-45-43-32-30-28-26-24-22-20-18-16-14-12-10-8-6-4-2)76-108-92-88(106)85(103)90(80(74-97)110-92)113-94-89(107)86(104)91(81(75-98)111-94)112-93-87(105)84(102)83(101)79(73-96)109-93/h5,7,11,13,17,19,23,25,29,31,34-35,37-38,40-41,53,55,61,63,69,71,77-81,83-94,96-99,101-107H,3-4,6,8-10,12,14-16,18,20-22,24,26-28,30,32-33,36,39,42-52,54,56-60,62,64-68,70,72-76H2,1-2H3,(H,95,100)/b7-5-,13-11-,19-17-,25-23-,31-29-,35-34-,38-37-,41-40-,55-53+,63-61+,71-69+. The molecular formula is C94H161NO18. The molecule has 3 fully saturated rings. The monoisotopic (exact) mass is 1590 g/mol. The van der Waals surface area contributed by atoms with Gasteiger partial charge in [-0.1, -0.05) is 340 Å². The van der Waals surface area contributed by atoms with Gasteiger partial charge in [-0.25, -0.2) is 0 Å². The second kappa shape index (κ2) is 72.0. The Hall–Kier alpha value is -4.07. The van der Waals surface area contributed by atoms with Gasteiger partial charge >= 0.3 is 0 Å². The number of unbranched alkanes of at least 4 members (excludes halogenated alkanes) is 35. The number of amides is 1. The van der Waals surface area contributed by atoms with E-state index in [0.717, 1.165) is 109 Å². The Balaban J connectivity index is 1.34. The summed E-state index contributed by atoms with van der Waals surface area (Å²) in [7, 11) is 0. The van der Waals surface area contributed by atoms with E-state index in [1.165, 1.54) is 180 Å². The highest BCUT2D eigenvalue weighted by molar-refractivity contribution is 5.76. The van der Waals surface area contributed by atoms with Gasteiger partial charge in [0.05, 0.1) is 38.6 Å². The Kier molecular flexibility index (Phi) is 65.7. The van der Waals surface area contributed by atoms with E-state index >= 15 is 0 Å². The lowest BCUT2D eigenvalue weighted by molar-refractivity contribution is -0.379. The Morgan fingerprint density at radius 3 is 0.991 bits per heavy atom. The fraction of sp³-hybridized carbons (Fsp3) is 0.755. The predicted octanol–water partition coefficient (Wildman–Crippen LogP) is 17.2. The van der Waals surface area contributed by atoms with Gasteiger partial charge in [0, 0.05) is 6.42 Å². The number of allylic oxidation sites excluding steroid dienone is 21. The van der Waals surface area contributed by atoms with Gasteiger partial charge in [-0.2, -0.15) is 0 Å². The Labute approximate surface area is 683 Å². The molecule has 3 aliphatic heterocycles. The lowest BCUT2D eigenvalue weighted by Crippen LogP contribution is -2.66. The molecule has 0 aliphatic carbocycles. The van der Waals surface area contributed by atoms with Gasteiger partial charge in [-0.05, 0) is 109 Å². The third-order valence-corrected chi connectivity index (χ3v) is 21.4. The van der Waals surface area contributed by atoms with Crippen LogP contribution in [0.4, 0.5) is 0 Å². The molecule has 0 radical (unpaired) electrons. The zero-order valence-electron chi connectivity index (χ0n) is 70.1. The maximum atomic E-state index is 13.5. The van der Waals surface area contributed by atoms with Crippen molar-refractivity contribution in [2.45, 2.75) is 426 Å². The molecule has 0 aromatic carbocycles. The number of carbonyl (C=O) groups excluding carboxylic acids is 1. The number of aliphatic hydroxyl groups excluding tert-OH is 11. The molecule has 1 amide bonds. The molecule has 113 heavy (non-hydrogen) atoms. The first-order valence-electron chi connectivity index (χ1n) is 44.9. The average molecular weight is 1590 g/mol. The molecule has 19 nitrogen and oxygen atoms in total. The molecule has 3 aliphatic rings. The molecule has 3 heterocycles. The number of ether oxygens (including phenoxy) is 6. The summed E-state index contributed by atoms with van der Waals surface area (Å²) in [5.41, 5.74) is 0. The molecule has 0 aromatic rings. The van der Waals surface area contributed by atoms with Crippen molar-refractivity contribution in [2.24, 2.45) is 0 Å². The largest absolute Gasteiger partial charge is 0.394 e. The summed E-state index contributed by atoms with van der Waals surface area (Å²) in [6.45, 7) is 1.62. The van der Waals surface area contributed by atoms with Gasteiger partial charge in [0.25, 0.3) is 0 Å². The molecule has 17 atom stereocenters. The first-order valence-corrected chi connectivity index (χ1v) is 44.9. The van der Waals surface area contributed by atoms with Crippen molar-refractivity contribution in [1.29, 1.82) is 0 Å². The van der Waals surface area contributed by atoms with E-state index in [-0.39, 0.29) is 18.9 Å². The van der Waals surface area contributed by atoms with Crippen LogP contribution in [0.2, 0.25) is 0 Å². The first kappa shape index (κ1) is 103. The second-order valence-electron chi connectivity index (χ2n) is 31.3. The summed E-state index contributed by atoms with van der Waals surface area (Å²) in [6, 6.07) is -1.01. The molecule has 0 spiro atoms. The maximum Gasteiger partial charge on any atom is 0.220 e. The minimum Gasteiger partial charge on any atom is -0.394 e. The van der Waals surface area contributed by atoms with E-state index in [2.05, 4.69) is 141 Å². The maximum absolute atomic E-state index is 13.5. The number of rotatable bonds is 71. The summed E-state index contributed by atoms with van der Waals surface area (Å²) < 4.78 is 34.5. The number of carbonyl (C=O) groups is 1. The van der Waals surface area contributed by atoms with Gasteiger partial charge in [0.15, 0.2) is 18.9 Å². The molecule has 650 valence electrons. The summed E-state index contributed by atoms with van der Waals surface area (Å²) in [4.78, 5) is 13.5. The van der Waals surface area contributed by atoms with Crippen LogP contribution >= 0.6 is 0 Å². The third kappa shape index (κ3) is 50.5. The van der Waals surface area contributed by atoms with E-state index in [9.17, 15) is 61.0 Å². The Morgan fingerprint density at radius 1 is 0.327 bits per heavy atom. The van der Waals surface area contributed by atoms with Crippen molar-refractivity contribution < 1.29 is 89.4 Å². The quantitative estimate of drug-likeness (QED) is 0.0199. The van der Waals surface area contributed by atoms with Gasteiger partial charge in [-0.3, -0.25) is 4.79 Å². The van der Waals surface area contributed by atoms with Crippen molar-refractivity contribution in [3.63, 3.8) is 0 Å². The van der Waals surface area contributed by atoms with Crippen molar-refractivity contribution in [3.8, 4) is 0 Å². The fourth-order valence-electron chi connectivity index (χ4n) is 14.3. The van der Waals surface area contributed by atoms with Crippen LogP contribution in [-0.4, -0.2) is 193 Å². The zero-order valence-corrected chi connectivity index (χ0v) is 70.1. The lowest BCUT2D eigenvalue weighted by Gasteiger charge is -2.48. The van der Waals surface area contributed by atoms with Crippen LogP contribution in [0.15, 0.2) is 134 Å². The smallest absolute Gasteiger partial charge is 0.220 e. The molecule has 19 heteroatoms. The minimum absolute atomic E-state index is 0.224.